The van der Waals surface area contributed by atoms with E-state index in [1.54, 1.807) is 0 Å². The average molecular weight is 234 g/mol. The Bertz CT molecular complexity index is 181. The standard InChI is InChI=1S/2C2H4.H4O7P2/c2*1-2;1-8(2,3)7-9(4,5)6/h2*1-2H2;(H2,1,2,3)(H2,4,5,6). The highest BCUT2D eigenvalue weighted by Gasteiger charge is 2.27. The van der Waals surface area contributed by atoms with Crippen molar-refractivity contribution in [3.05, 3.63) is 26.3 Å². The summed E-state index contributed by atoms with van der Waals surface area (Å²) in [4.78, 5) is 31.0. The molecule has 0 aromatic heterocycles. The van der Waals surface area contributed by atoms with E-state index in [1.807, 2.05) is 0 Å². The second kappa shape index (κ2) is 8.34. The molecular formula is C4H12O7P2. The van der Waals surface area contributed by atoms with Gasteiger partial charge in [-0.3, -0.25) is 0 Å². The van der Waals surface area contributed by atoms with Crippen molar-refractivity contribution in [3.63, 3.8) is 0 Å². The van der Waals surface area contributed by atoms with Crippen LogP contribution in [0.1, 0.15) is 0 Å². The first-order valence-corrected chi connectivity index (χ1v) is 5.59. The molecule has 9 heteroatoms. The Hall–Kier alpha value is -0.260. The van der Waals surface area contributed by atoms with Gasteiger partial charge in [0.05, 0.1) is 0 Å². The van der Waals surface area contributed by atoms with Crippen LogP contribution in [0.2, 0.25) is 0 Å². The summed E-state index contributed by atoms with van der Waals surface area (Å²) in [5.41, 5.74) is 0. The second-order valence-electron chi connectivity index (χ2n) is 1.06. The molecule has 0 aliphatic heterocycles. The number of phosphoric acid groups is 2. The van der Waals surface area contributed by atoms with Gasteiger partial charge in [-0.2, -0.15) is 4.31 Å². The highest BCUT2D eigenvalue weighted by atomic mass is 31.3. The molecule has 4 N–H and O–H groups in total. The van der Waals surface area contributed by atoms with E-state index >= 15 is 0 Å². The van der Waals surface area contributed by atoms with Crippen molar-refractivity contribution in [1.82, 2.24) is 0 Å². The summed E-state index contributed by atoms with van der Waals surface area (Å²) in [7, 11) is -10.1. The maximum absolute atomic E-state index is 9.63. The fourth-order valence-electron chi connectivity index (χ4n) is 0.139. The molecule has 0 aliphatic carbocycles. The Kier molecular flexibility index (Phi) is 11.9. The monoisotopic (exact) mass is 234 g/mol. The summed E-state index contributed by atoms with van der Waals surface area (Å²) >= 11 is 0. The third-order valence-corrected chi connectivity index (χ3v) is 1.91. The van der Waals surface area contributed by atoms with E-state index in [9.17, 15) is 9.13 Å². The van der Waals surface area contributed by atoms with E-state index in [0.717, 1.165) is 0 Å². The Morgan fingerprint density at radius 2 is 0.923 bits per heavy atom. The average Bonchev–Trinajstić information content (AvgIpc) is 1.88. The highest BCUT2D eigenvalue weighted by Crippen LogP contribution is 2.53. The zero-order chi connectivity index (χ0) is 11.7. The van der Waals surface area contributed by atoms with Crippen molar-refractivity contribution in [1.29, 1.82) is 0 Å². The van der Waals surface area contributed by atoms with Gasteiger partial charge in [-0.05, 0) is 0 Å². The lowest BCUT2D eigenvalue weighted by molar-refractivity contribution is 0.225. The smallest absolute Gasteiger partial charge is 0.302 e. The van der Waals surface area contributed by atoms with Crippen molar-refractivity contribution < 1.29 is 33.0 Å². The van der Waals surface area contributed by atoms with Crippen LogP contribution < -0.4 is 0 Å². The van der Waals surface area contributed by atoms with Gasteiger partial charge in [0.2, 0.25) is 0 Å². The molecule has 0 rings (SSSR count). The van der Waals surface area contributed by atoms with Crippen molar-refractivity contribution in [2.75, 3.05) is 0 Å². The fraction of sp³-hybridized carbons (Fsp3) is 0. The fourth-order valence-corrected chi connectivity index (χ4v) is 1.25. The Balaban J connectivity index is -0.000000218. The minimum Gasteiger partial charge on any atom is -0.302 e. The summed E-state index contributed by atoms with van der Waals surface area (Å²) in [6.07, 6.45) is 0. The first-order valence-electron chi connectivity index (χ1n) is 2.53. The minimum absolute atomic E-state index is 2.96. The molecule has 0 aromatic carbocycles. The maximum Gasteiger partial charge on any atom is 0.478 e. The maximum atomic E-state index is 9.63. The quantitative estimate of drug-likeness (QED) is 0.411. The van der Waals surface area contributed by atoms with Gasteiger partial charge in [0.15, 0.2) is 0 Å². The van der Waals surface area contributed by atoms with Crippen LogP contribution in [-0.4, -0.2) is 19.6 Å². The SMILES string of the molecule is C=C.C=C.O=P(O)(O)OP(=O)(O)O. The van der Waals surface area contributed by atoms with E-state index in [-0.39, 0.29) is 0 Å². The van der Waals surface area contributed by atoms with Gasteiger partial charge in [0.25, 0.3) is 0 Å². The summed E-state index contributed by atoms with van der Waals surface area (Å²) < 4.78 is 22.2. The van der Waals surface area contributed by atoms with Gasteiger partial charge in [0, 0.05) is 0 Å². The molecule has 13 heavy (non-hydrogen) atoms. The normalized spacial score (nSPS) is 10.2. The van der Waals surface area contributed by atoms with Gasteiger partial charge in [-0.25, -0.2) is 9.13 Å². The van der Waals surface area contributed by atoms with Crippen LogP contribution in [-0.2, 0) is 13.4 Å². The summed E-state index contributed by atoms with van der Waals surface area (Å²) in [5.74, 6) is 0. The molecule has 0 saturated heterocycles. The molecule has 0 heterocycles. The van der Waals surface area contributed by atoms with Gasteiger partial charge in [-0.1, -0.05) is 0 Å². The lowest BCUT2D eigenvalue weighted by atomic mass is 11.3. The van der Waals surface area contributed by atoms with Gasteiger partial charge < -0.3 is 19.6 Å². The van der Waals surface area contributed by atoms with Crippen LogP contribution in [0.25, 0.3) is 0 Å². The summed E-state index contributed by atoms with van der Waals surface area (Å²) in [6.45, 7) is 12.0. The molecule has 80 valence electrons. The van der Waals surface area contributed by atoms with Crippen LogP contribution in [0.4, 0.5) is 0 Å². The molecule has 0 spiro atoms. The Morgan fingerprint density at radius 1 is 0.769 bits per heavy atom. The largest absolute Gasteiger partial charge is 0.478 e. The van der Waals surface area contributed by atoms with Crippen molar-refractivity contribution in [2.24, 2.45) is 0 Å². The van der Waals surface area contributed by atoms with E-state index in [2.05, 4.69) is 30.6 Å². The van der Waals surface area contributed by atoms with Gasteiger partial charge >= 0.3 is 15.6 Å². The molecule has 0 saturated carbocycles. The van der Waals surface area contributed by atoms with Crippen LogP contribution in [0.3, 0.4) is 0 Å². The molecule has 0 radical (unpaired) electrons. The topological polar surface area (TPSA) is 124 Å². The van der Waals surface area contributed by atoms with Crippen LogP contribution >= 0.6 is 15.6 Å². The van der Waals surface area contributed by atoms with E-state index in [0.29, 0.717) is 0 Å². The summed E-state index contributed by atoms with van der Waals surface area (Å²) in [5, 5.41) is 0. The first-order chi connectivity index (χ1) is 5.71. The van der Waals surface area contributed by atoms with E-state index in [1.165, 1.54) is 0 Å². The molecule has 0 unspecified atom stereocenters. The summed E-state index contributed by atoms with van der Waals surface area (Å²) in [6, 6.07) is 0. The van der Waals surface area contributed by atoms with Crippen molar-refractivity contribution in [2.45, 2.75) is 0 Å². The Labute approximate surface area is 75.9 Å². The highest BCUT2D eigenvalue weighted by molar-refractivity contribution is 7.60. The molecule has 0 aliphatic rings. The van der Waals surface area contributed by atoms with E-state index < -0.39 is 15.6 Å². The molecule has 0 bridgehead atoms. The lowest BCUT2D eigenvalue weighted by Crippen LogP contribution is -1.84. The number of hydrogen-bond acceptors (Lipinski definition) is 3. The number of hydrogen-bond donors (Lipinski definition) is 4. The molecule has 7 nitrogen and oxygen atoms in total. The van der Waals surface area contributed by atoms with Crippen molar-refractivity contribution in [3.8, 4) is 0 Å². The Morgan fingerprint density at radius 3 is 0.923 bits per heavy atom. The van der Waals surface area contributed by atoms with Crippen LogP contribution in [0.5, 0.6) is 0 Å². The second-order valence-corrected chi connectivity index (χ2v) is 3.68. The predicted octanol–water partition coefficient (Wildman–Crippen LogP) is 0.793. The molecule has 0 aromatic rings. The predicted molar refractivity (Wildman–Crippen MR) is 47.7 cm³/mol. The molecule has 0 fully saturated rings. The van der Waals surface area contributed by atoms with Crippen LogP contribution in [0, 0.1) is 0 Å². The van der Waals surface area contributed by atoms with Crippen molar-refractivity contribution >= 4 is 15.6 Å². The zero-order valence-corrected chi connectivity index (χ0v) is 8.53. The van der Waals surface area contributed by atoms with Crippen LogP contribution in [0.15, 0.2) is 26.3 Å². The molecule has 0 amide bonds. The molecule has 0 atom stereocenters. The molecular weight excluding hydrogens is 222 g/mol. The van der Waals surface area contributed by atoms with E-state index in [4.69, 9.17) is 19.6 Å². The van der Waals surface area contributed by atoms with Gasteiger partial charge in [-0.15, -0.1) is 26.3 Å². The lowest BCUT2D eigenvalue weighted by Gasteiger charge is -2.03. The van der Waals surface area contributed by atoms with Gasteiger partial charge in [0.1, 0.15) is 0 Å². The zero-order valence-electron chi connectivity index (χ0n) is 6.74. The minimum atomic E-state index is -5.05. The third-order valence-electron chi connectivity index (χ3n) is 0.213. The third kappa shape index (κ3) is 33.8. The number of rotatable bonds is 2. The first kappa shape index (κ1) is 18.5.